The molecule has 1 amide bonds. The Bertz CT molecular complexity index is 755. The van der Waals surface area contributed by atoms with Gasteiger partial charge in [-0.2, -0.15) is 5.26 Å². The summed E-state index contributed by atoms with van der Waals surface area (Å²) in [6, 6.07) is 7.19. The van der Waals surface area contributed by atoms with Crippen molar-refractivity contribution in [2.45, 2.75) is 45.1 Å². The molecular weight excluding hydrogens is 360 g/mol. The third kappa shape index (κ3) is 5.16. The van der Waals surface area contributed by atoms with Crippen LogP contribution in [0.5, 0.6) is 11.5 Å². The van der Waals surface area contributed by atoms with Gasteiger partial charge in [-0.3, -0.25) is 4.79 Å². The van der Waals surface area contributed by atoms with Crippen LogP contribution in [-0.4, -0.2) is 49.7 Å². The lowest BCUT2D eigenvalue weighted by Crippen LogP contribution is -2.43. The van der Waals surface area contributed by atoms with E-state index >= 15 is 0 Å². The van der Waals surface area contributed by atoms with E-state index in [1.54, 1.807) is 23.1 Å². The number of ether oxygens (including phenoxy) is 3. The van der Waals surface area contributed by atoms with Crippen LogP contribution in [-0.2, 0) is 9.53 Å². The number of ketones is 1. The summed E-state index contributed by atoms with van der Waals surface area (Å²) in [7, 11) is 3.04. The Balaban J connectivity index is 2.05. The standard InChI is InChI=1S/C21H28N2O5/c1-21(2,3)28-20(25)23-10-8-14(9-11-23)19(24)16(13-22)15-6-7-17(26-4)18(12-15)27-5/h6-7,12,14,16H,8-11H2,1-5H3/t16-/m1/s1. The van der Waals surface area contributed by atoms with Crippen molar-refractivity contribution in [1.82, 2.24) is 4.90 Å². The van der Waals surface area contributed by atoms with Gasteiger partial charge in [0, 0.05) is 19.0 Å². The lowest BCUT2D eigenvalue weighted by molar-refractivity contribution is -0.124. The summed E-state index contributed by atoms with van der Waals surface area (Å²) in [5, 5.41) is 9.61. The monoisotopic (exact) mass is 388 g/mol. The van der Waals surface area contributed by atoms with Crippen LogP contribution in [0.25, 0.3) is 0 Å². The van der Waals surface area contributed by atoms with E-state index in [1.165, 1.54) is 14.2 Å². The van der Waals surface area contributed by atoms with E-state index in [2.05, 4.69) is 6.07 Å². The molecular formula is C21H28N2O5. The fourth-order valence-corrected chi connectivity index (χ4v) is 3.24. The van der Waals surface area contributed by atoms with Crippen LogP contribution < -0.4 is 9.47 Å². The molecule has 0 spiro atoms. The van der Waals surface area contributed by atoms with Crippen LogP contribution in [0, 0.1) is 17.2 Å². The SMILES string of the molecule is COc1ccc([C@@H](C#N)C(=O)C2CCN(C(=O)OC(C)(C)C)CC2)cc1OC. The van der Waals surface area contributed by atoms with Gasteiger partial charge < -0.3 is 19.1 Å². The number of nitrogens with zero attached hydrogens (tertiary/aromatic N) is 2. The zero-order valence-corrected chi connectivity index (χ0v) is 17.2. The van der Waals surface area contributed by atoms with E-state index in [9.17, 15) is 14.9 Å². The minimum atomic E-state index is -0.877. The molecule has 1 aliphatic heterocycles. The first kappa shape index (κ1) is 21.5. The van der Waals surface area contributed by atoms with Crippen molar-refractivity contribution in [3.8, 4) is 17.6 Å². The zero-order valence-electron chi connectivity index (χ0n) is 17.2. The van der Waals surface area contributed by atoms with Crippen molar-refractivity contribution in [2.75, 3.05) is 27.3 Å². The van der Waals surface area contributed by atoms with Gasteiger partial charge in [0.05, 0.1) is 20.3 Å². The highest BCUT2D eigenvalue weighted by Crippen LogP contribution is 2.33. The largest absolute Gasteiger partial charge is 0.493 e. The molecule has 7 nitrogen and oxygen atoms in total. The Kier molecular flexibility index (Phi) is 6.90. The number of carbonyl (C=O) groups is 2. The van der Waals surface area contributed by atoms with E-state index in [1.807, 2.05) is 20.8 Å². The molecule has 0 aliphatic carbocycles. The highest BCUT2D eigenvalue weighted by Gasteiger charge is 2.34. The number of hydrogen-bond acceptors (Lipinski definition) is 6. The van der Waals surface area contributed by atoms with Gasteiger partial charge in [-0.25, -0.2) is 4.79 Å². The number of piperidine rings is 1. The molecule has 1 aromatic carbocycles. The van der Waals surface area contributed by atoms with Crippen LogP contribution >= 0.6 is 0 Å². The Labute approximate surface area is 166 Å². The first-order valence-electron chi connectivity index (χ1n) is 9.33. The quantitative estimate of drug-likeness (QED) is 0.767. The van der Waals surface area contributed by atoms with Crippen LogP contribution in [0.3, 0.4) is 0 Å². The molecule has 0 saturated carbocycles. The summed E-state index contributed by atoms with van der Waals surface area (Å²) >= 11 is 0. The topological polar surface area (TPSA) is 88.9 Å². The minimum Gasteiger partial charge on any atom is -0.493 e. The van der Waals surface area contributed by atoms with Crippen LogP contribution in [0.2, 0.25) is 0 Å². The molecule has 0 aromatic heterocycles. The molecule has 1 atom stereocenters. The molecule has 1 saturated heterocycles. The second-order valence-corrected chi connectivity index (χ2v) is 7.82. The van der Waals surface area contributed by atoms with Crippen LogP contribution in [0.15, 0.2) is 18.2 Å². The lowest BCUT2D eigenvalue weighted by Gasteiger charge is -2.33. The van der Waals surface area contributed by atoms with Crippen molar-refractivity contribution in [3.05, 3.63) is 23.8 Å². The Morgan fingerprint density at radius 3 is 2.25 bits per heavy atom. The first-order valence-corrected chi connectivity index (χ1v) is 9.33. The average Bonchev–Trinajstić information content (AvgIpc) is 2.67. The smallest absolute Gasteiger partial charge is 0.410 e. The van der Waals surface area contributed by atoms with Gasteiger partial charge in [-0.15, -0.1) is 0 Å². The van der Waals surface area contributed by atoms with Crippen molar-refractivity contribution in [2.24, 2.45) is 5.92 Å². The molecule has 1 aromatic rings. The van der Waals surface area contributed by atoms with Crippen molar-refractivity contribution >= 4 is 11.9 Å². The Morgan fingerprint density at radius 1 is 1.14 bits per heavy atom. The molecule has 0 radical (unpaired) electrons. The van der Waals surface area contributed by atoms with Gasteiger partial charge in [0.25, 0.3) is 0 Å². The van der Waals surface area contributed by atoms with Gasteiger partial charge in [0.1, 0.15) is 11.5 Å². The molecule has 2 rings (SSSR count). The number of nitriles is 1. The number of amides is 1. The zero-order chi connectivity index (χ0) is 20.9. The predicted octanol–water partition coefficient (Wildman–Crippen LogP) is 3.53. The van der Waals surface area contributed by atoms with E-state index in [0.717, 1.165) is 0 Å². The van der Waals surface area contributed by atoms with E-state index in [4.69, 9.17) is 14.2 Å². The molecule has 0 bridgehead atoms. The second-order valence-electron chi connectivity index (χ2n) is 7.82. The van der Waals surface area contributed by atoms with E-state index < -0.39 is 11.5 Å². The van der Waals surface area contributed by atoms with Gasteiger partial charge >= 0.3 is 6.09 Å². The number of methoxy groups -OCH3 is 2. The average molecular weight is 388 g/mol. The molecule has 1 heterocycles. The third-order valence-electron chi connectivity index (χ3n) is 4.70. The number of rotatable bonds is 5. The molecule has 0 N–H and O–H groups in total. The minimum absolute atomic E-state index is 0.126. The summed E-state index contributed by atoms with van der Waals surface area (Å²) in [6.45, 7) is 6.34. The molecule has 152 valence electrons. The summed E-state index contributed by atoms with van der Waals surface area (Å²) < 4.78 is 15.9. The van der Waals surface area contributed by atoms with E-state index in [0.29, 0.717) is 43.0 Å². The van der Waals surface area contributed by atoms with E-state index in [-0.39, 0.29) is 17.8 Å². The third-order valence-corrected chi connectivity index (χ3v) is 4.70. The molecule has 28 heavy (non-hydrogen) atoms. The maximum absolute atomic E-state index is 13.0. The number of carbonyl (C=O) groups excluding carboxylic acids is 2. The van der Waals surface area contributed by atoms with Crippen LogP contribution in [0.1, 0.15) is 45.1 Å². The van der Waals surface area contributed by atoms with Gasteiger partial charge in [-0.05, 0) is 51.3 Å². The highest BCUT2D eigenvalue weighted by atomic mass is 16.6. The maximum Gasteiger partial charge on any atom is 0.410 e. The highest BCUT2D eigenvalue weighted by molar-refractivity contribution is 5.90. The van der Waals surface area contributed by atoms with Gasteiger partial charge in [-0.1, -0.05) is 6.07 Å². The normalized spacial score (nSPS) is 16.1. The summed E-state index contributed by atoms with van der Waals surface area (Å²) in [5.74, 6) is -0.248. The second kappa shape index (κ2) is 8.96. The lowest BCUT2D eigenvalue weighted by atomic mass is 9.83. The predicted molar refractivity (Wildman–Crippen MR) is 103 cm³/mol. The van der Waals surface area contributed by atoms with Crippen molar-refractivity contribution in [1.29, 1.82) is 5.26 Å². The fourth-order valence-electron chi connectivity index (χ4n) is 3.24. The molecule has 1 fully saturated rings. The number of Topliss-reactive ketones (excluding diaryl/α,β-unsaturated/α-hetero) is 1. The molecule has 1 aliphatic rings. The van der Waals surface area contributed by atoms with Crippen LogP contribution in [0.4, 0.5) is 4.79 Å². The fraction of sp³-hybridized carbons (Fsp3) is 0.571. The first-order chi connectivity index (χ1) is 13.2. The summed E-state index contributed by atoms with van der Waals surface area (Å²) in [6.07, 6.45) is 0.669. The molecule has 7 heteroatoms. The number of hydrogen-bond donors (Lipinski definition) is 0. The van der Waals surface area contributed by atoms with Crippen molar-refractivity contribution < 1.29 is 23.8 Å². The molecule has 0 unspecified atom stereocenters. The van der Waals surface area contributed by atoms with Crippen molar-refractivity contribution in [3.63, 3.8) is 0 Å². The summed E-state index contributed by atoms with van der Waals surface area (Å²) in [5.41, 5.74) is 0.0306. The number of benzene rings is 1. The maximum atomic E-state index is 13.0. The number of likely N-dealkylation sites (tertiary alicyclic amines) is 1. The summed E-state index contributed by atoms with van der Waals surface area (Å²) in [4.78, 5) is 26.8. The van der Waals surface area contributed by atoms with Gasteiger partial charge in [0.15, 0.2) is 17.3 Å². The Morgan fingerprint density at radius 2 is 1.75 bits per heavy atom. The Hall–Kier alpha value is -2.75. The van der Waals surface area contributed by atoms with Gasteiger partial charge in [0.2, 0.25) is 0 Å².